The number of carbonyl (C=O) groups is 1. The van der Waals surface area contributed by atoms with E-state index in [0.29, 0.717) is 39.8 Å². The summed E-state index contributed by atoms with van der Waals surface area (Å²) in [5.74, 6) is 1.49. The molecule has 3 aromatic carbocycles. The lowest BCUT2D eigenvalue weighted by Gasteiger charge is -2.27. The van der Waals surface area contributed by atoms with Gasteiger partial charge in [-0.25, -0.2) is 9.48 Å². The zero-order valence-electron chi connectivity index (χ0n) is 21.3. The number of methoxy groups -OCH3 is 1. The molecule has 9 heteroatoms. The third-order valence-corrected chi connectivity index (χ3v) is 7.66. The van der Waals surface area contributed by atoms with Gasteiger partial charge in [-0.05, 0) is 54.3 Å². The van der Waals surface area contributed by atoms with E-state index in [-0.39, 0.29) is 0 Å². The number of hydrogen-bond donors (Lipinski definition) is 1. The summed E-state index contributed by atoms with van der Waals surface area (Å²) in [6.45, 7) is 4.39. The molecule has 1 unspecified atom stereocenters. The third kappa shape index (κ3) is 5.42. The number of carbonyl (C=O) groups excluding carboxylic acids is 1. The van der Waals surface area contributed by atoms with E-state index in [1.165, 1.54) is 24.4 Å². The zero-order valence-corrected chi connectivity index (χ0v) is 22.8. The van der Waals surface area contributed by atoms with Crippen LogP contribution < -0.4 is 10.1 Å². The highest BCUT2D eigenvalue weighted by molar-refractivity contribution is 7.98. The Kier molecular flexibility index (Phi) is 7.72. The van der Waals surface area contributed by atoms with Crippen LogP contribution in [0.5, 0.6) is 5.75 Å². The second-order valence-corrected chi connectivity index (χ2v) is 10.2. The van der Waals surface area contributed by atoms with Gasteiger partial charge in [-0.3, -0.25) is 0 Å². The van der Waals surface area contributed by atoms with Gasteiger partial charge in [0.15, 0.2) is 0 Å². The number of fused-ring (bicyclic) bond motifs is 1. The van der Waals surface area contributed by atoms with Crippen molar-refractivity contribution in [1.82, 2.24) is 14.8 Å². The van der Waals surface area contributed by atoms with Crippen molar-refractivity contribution in [2.24, 2.45) is 0 Å². The number of aryl methyl sites for hydroxylation is 1. The first-order chi connectivity index (χ1) is 18.4. The predicted molar refractivity (Wildman–Crippen MR) is 149 cm³/mol. The zero-order chi connectivity index (χ0) is 26.6. The molecule has 4 aromatic rings. The maximum absolute atomic E-state index is 12.9. The molecule has 0 saturated heterocycles. The number of aromatic nitrogens is 3. The van der Waals surface area contributed by atoms with Crippen LogP contribution in [0.15, 0.2) is 89.2 Å². The van der Waals surface area contributed by atoms with Crippen LogP contribution in [0.2, 0.25) is 5.02 Å². The van der Waals surface area contributed by atoms with Crippen molar-refractivity contribution in [3.05, 3.63) is 111 Å². The molecule has 5 rings (SSSR count). The molecule has 0 radical (unpaired) electrons. The Morgan fingerprint density at radius 1 is 1.03 bits per heavy atom. The van der Waals surface area contributed by atoms with E-state index in [1.54, 1.807) is 4.68 Å². The van der Waals surface area contributed by atoms with Gasteiger partial charge in [0.2, 0.25) is 11.1 Å². The largest absolute Gasteiger partial charge is 0.489 e. The number of benzene rings is 3. The van der Waals surface area contributed by atoms with Crippen LogP contribution in [0.25, 0.3) is 0 Å². The number of esters is 1. The highest BCUT2D eigenvalue weighted by Crippen LogP contribution is 2.37. The van der Waals surface area contributed by atoms with Gasteiger partial charge in [0.1, 0.15) is 18.4 Å². The molecule has 1 atom stereocenters. The Hall–Kier alpha value is -3.75. The SMILES string of the molecule is COC(=O)C1=C(C)Nc2nc(SCc3ccccc3Cl)nn2C1c1ccc(OCc2ccccc2C)cc1. The summed E-state index contributed by atoms with van der Waals surface area (Å²) in [6.07, 6.45) is 0. The molecule has 1 aliphatic heterocycles. The summed E-state index contributed by atoms with van der Waals surface area (Å²) in [5.41, 5.74) is 5.33. The minimum atomic E-state index is -0.508. The van der Waals surface area contributed by atoms with Crippen molar-refractivity contribution in [3.8, 4) is 5.75 Å². The van der Waals surface area contributed by atoms with Gasteiger partial charge in [-0.2, -0.15) is 4.98 Å². The highest BCUT2D eigenvalue weighted by Gasteiger charge is 2.35. The monoisotopic (exact) mass is 546 g/mol. The maximum atomic E-state index is 12.9. The third-order valence-electron chi connectivity index (χ3n) is 6.40. The second-order valence-electron chi connectivity index (χ2n) is 8.88. The van der Waals surface area contributed by atoms with Gasteiger partial charge in [0.05, 0.1) is 12.7 Å². The molecule has 194 valence electrons. The highest BCUT2D eigenvalue weighted by atomic mass is 35.5. The van der Waals surface area contributed by atoms with E-state index in [9.17, 15) is 4.79 Å². The summed E-state index contributed by atoms with van der Waals surface area (Å²) < 4.78 is 12.9. The average molecular weight is 547 g/mol. The van der Waals surface area contributed by atoms with Crippen LogP contribution in [-0.2, 0) is 21.9 Å². The first-order valence-corrected chi connectivity index (χ1v) is 13.5. The van der Waals surface area contributed by atoms with Gasteiger partial charge in [0, 0.05) is 16.5 Å². The summed E-state index contributed by atoms with van der Waals surface area (Å²) >= 11 is 7.80. The predicted octanol–water partition coefficient (Wildman–Crippen LogP) is 6.57. The van der Waals surface area contributed by atoms with Crippen molar-refractivity contribution in [1.29, 1.82) is 0 Å². The second kappa shape index (κ2) is 11.3. The van der Waals surface area contributed by atoms with E-state index in [0.717, 1.165) is 22.4 Å². The molecule has 38 heavy (non-hydrogen) atoms. The lowest BCUT2D eigenvalue weighted by Crippen LogP contribution is -2.29. The van der Waals surface area contributed by atoms with E-state index in [2.05, 4.69) is 29.4 Å². The van der Waals surface area contributed by atoms with Crippen LogP contribution in [0, 0.1) is 6.92 Å². The summed E-state index contributed by atoms with van der Waals surface area (Å²) in [4.78, 5) is 17.5. The van der Waals surface area contributed by atoms with Gasteiger partial charge in [-0.1, -0.05) is 78.0 Å². The number of halogens is 1. The fourth-order valence-corrected chi connectivity index (χ4v) is 5.43. The first-order valence-electron chi connectivity index (χ1n) is 12.1. The Balaban J connectivity index is 1.41. The summed E-state index contributed by atoms with van der Waals surface area (Å²) in [5, 5.41) is 9.25. The van der Waals surface area contributed by atoms with Crippen LogP contribution in [0.4, 0.5) is 5.95 Å². The van der Waals surface area contributed by atoms with Gasteiger partial charge < -0.3 is 14.8 Å². The van der Waals surface area contributed by atoms with Crippen LogP contribution in [-0.4, -0.2) is 27.8 Å². The lowest BCUT2D eigenvalue weighted by molar-refractivity contribution is -0.136. The van der Waals surface area contributed by atoms with Gasteiger partial charge >= 0.3 is 5.97 Å². The van der Waals surface area contributed by atoms with Crippen molar-refractivity contribution >= 4 is 35.3 Å². The minimum Gasteiger partial charge on any atom is -0.489 e. The number of anilines is 1. The number of allylic oxidation sites excluding steroid dienone is 1. The molecule has 0 bridgehead atoms. The first kappa shape index (κ1) is 25.9. The number of ether oxygens (including phenoxy) is 2. The normalized spacial score (nSPS) is 14.6. The van der Waals surface area contributed by atoms with E-state index in [4.69, 9.17) is 26.2 Å². The molecule has 0 fully saturated rings. The minimum absolute atomic E-state index is 0.425. The number of nitrogens with one attached hydrogen (secondary N) is 1. The summed E-state index contributed by atoms with van der Waals surface area (Å²) in [6, 6.07) is 23.0. The molecule has 1 aliphatic rings. The van der Waals surface area contributed by atoms with E-state index in [1.807, 2.05) is 67.6 Å². The Morgan fingerprint density at radius 2 is 1.74 bits per heavy atom. The number of thioether (sulfide) groups is 1. The molecule has 1 N–H and O–H groups in total. The summed E-state index contributed by atoms with van der Waals surface area (Å²) in [7, 11) is 1.38. The smallest absolute Gasteiger partial charge is 0.338 e. The van der Waals surface area contributed by atoms with Gasteiger partial charge in [-0.15, -0.1) is 5.10 Å². The van der Waals surface area contributed by atoms with Crippen molar-refractivity contribution in [2.75, 3.05) is 12.4 Å². The average Bonchev–Trinajstić information content (AvgIpc) is 3.33. The van der Waals surface area contributed by atoms with Crippen LogP contribution in [0.1, 0.15) is 35.2 Å². The number of hydrogen-bond acceptors (Lipinski definition) is 7. The maximum Gasteiger partial charge on any atom is 0.338 e. The van der Waals surface area contributed by atoms with Crippen LogP contribution in [0.3, 0.4) is 0 Å². The van der Waals surface area contributed by atoms with Crippen molar-refractivity contribution < 1.29 is 14.3 Å². The van der Waals surface area contributed by atoms with Crippen molar-refractivity contribution in [2.45, 2.75) is 37.4 Å². The Bertz CT molecular complexity index is 1500. The molecule has 2 heterocycles. The lowest BCUT2D eigenvalue weighted by atomic mass is 9.96. The fraction of sp³-hybridized carbons (Fsp3) is 0.207. The topological polar surface area (TPSA) is 78.3 Å². The molecule has 0 amide bonds. The molecule has 1 aromatic heterocycles. The quantitative estimate of drug-likeness (QED) is 0.198. The Morgan fingerprint density at radius 3 is 2.45 bits per heavy atom. The fourth-order valence-electron chi connectivity index (χ4n) is 4.31. The van der Waals surface area contributed by atoms with Crippen molar-refractivity contribution in [3.63, 3.8) is 0 Å². The van der Waals surface area contributed by atoms with Gasteiger partial charge in [0.25, 0.3) is 0 Å². The van der Waals surface area contributed by atoms with E-state index < -0.39 is 12.0 Å². The molecule has 7 nitrogen and oxygen atoms in total. The molecular weight excluding hydrogens is 520 g/mol. The molecular formula is C29H27ClN4O3S. The molecule has 0 aliphatic carbocycles. The molecule has 0 spiro atoms. The Labute approximate surface area is 230 Å². The van der Waals surface area contributed by atoms with Crippen LogP contribution >= 0.6 is 23.4 Å². The van der Waals surface area contributed by atoms with E-state index >= 15 is 0 Å². The number of nitrogens with zero attached hydrogens (tertiary/aromatic N) is 3. The molecule has 0 saturated carbocycles. The number of rotatable bonds is 8. The standard InChI is InChI=1S/C29H27ClN4O3S/c1-18-8-4-5-9-21(18)16-37-23-14-12-20(13-15-23)26-25(27(35)36-3)19(2)31-28-32-29(33-34(26)28)38-17-22-10-6-7-11-24(22)30/h4-15,26H,16-17H2,1-3H3,(H,31,32,33).